The molecule has 0 radical (unpaired) electrons. The standard InChI is InChI=1S/C13H15ClN2O/c14-13-5-10(6-15)1-2-12(13)9-17-8-11-3-4-16-7-11/h1-2,5,11,16H,3-4,7-9H2. The molecule has 1 aliphatic rings. The van der Waals surface area contributed by atoms with Crippen LogP contribution in [0.1, 0.15) is 17.5 Å². The summed E-state index contributed by atoms with van der Waals surface area (Å²) >= 11 is 6.06. The minimum absolute atomic E-state index is 0.515. The highest BCUT2D eigenvalue weighted by Crippen LogP contribution is 2.19. The highest BCUT2D eigenvalue weighted by Gasteiger charge is 2.14. The molecule has 1 N–H and O–H groups in total. The Bertz CT molecular complexity index is 422. The van der Waals surface area contributed by atoms with Gasteiger partial charge in [-0.1, -0.05) is 17.7 Å². The molecular weight excluding hydrogens is 236 g/mol. The number of nitrogens with one attached hydrogen (secondary N) is 1. The van der Waals surface area contributed by atoms with E-state index in [2.05, 4.69) is 11.4 Å². The van der Waals surface area contributed by atoms with E-state index in [1.54, 1.807) is 12.1 Å². The van der Waals surface area contributed by atoms with E-state index < -0.39 is 0 Å². The summed E-state index contributed by atoms with van der Waals surface area (Å²) in [6.45, 7) is 3.41. The fourth-order valence-corrected chi connectivity index (χ4v) is 2.16. The molecule has 1 fully saturated rings. The first-order valence-corrected chi connectivity index (χ1v) is 6.14. The molecule has 1 saturated heterocycles. The van der Waals surface area contributed by atoms with E-state index in [1.807, 2.05) is 6.07 Å². The van der Waals surface area contributed by atoms with E-state index >= 15 is 0 Å². The lowest BCUT2D eigenvalue weighted by Gasteiger charge is -2.10. The minimum atomic E-state index is 0.515. The van der Waals surface area contributed by atoms with Crippen LogP contribution in [0.3, 0.4) is 0 Å². The summed E-state index contributed by atoms with van der Waals surface area (Å²) in [6.07, 6.45) is 1.18. The van der Waals surface area contributed by atoms with Crippen molar-refractivity contribution in [2.75, 3.05) is 19.7 Å². The van der Waals surface area contributed by atoms with Crippen LogP contribution < -0.4 is 5.32 Å². The van der Waals surface area contributed by atoms with E-state index in [0.717, 1.165) is 25.3 Å². The van der Waals surface area contributed by atoms with Gasteiger partial charge in [0, 0.05) is 11.6 Å². The molecule has 1 aliphatic heterocycles. The van der Waals surface area contributed by atoms with Crippen LogP contribution in [-0.2, 0) is 11.3 Å². The first-order chi connectivity index (χ1) is 8.29. The van der Waals surface area contributed by atoms with E-state index in [-0.39, 0.29) is 0 Å². The highest BCUT2D eigenvalue weighted by molar-refractivity contribution is 6.31. The molecule has 2 rings (SSSR count). The Balaban J connectivity index is 1.84. The van der Waals surface area contributed by atoms with Gasteiger partial charge in [0.25, 0.3) is 0 Å². The maximum Gasteiger partial charge on any atom is 0.0992 e. The molecule has 1 aromatic rings. The van der Waals surface area contributed by atoms with Gasteiger partial charge < -0.3 is 10.1 Å². The molecule has 1 heterocycles. The smallest absolute Gasteiger partial charge is 0.0992 e. The van der Waals surface area contributed by atoms with Gasteiger partial charge in [0.15, 0.2) is 0 Å². The summed E-state index contributed by atoms with van der Waals surface area (Å²) in [7, 11) is 0. The van der Waals surface area contributed by atoms with Crippen molar-refractivity contribution in [3.8, 4) is 6.07 Å². The molecule has 90 valence electrons. The second kappa shape index (κ2) is 6.02. The Labute approximate surface area is 106 Å². The molecule has 1 atom stereocenters. The lowest BCUT2D eigenvalue weighted by molar-refractivity contribution is 0.0925. The summed E-state index contributed by atoms with van der Waals surface area (Å²) in [6, 6.07) is 7.36. The first kappa shape index (κ1) is 12.4. The molecule has 17 heavy (non-hydrogen) atoms. The maximum absolute atomic E-state index is 8.73. The van der Waals surface area contributed by atoms with E-state index in [1.165, 1.54) is 6.42 Å². The van der Waals surface area contributed by atoms with Crippen molar-refractivity contribution in [3.05, 3.63) is 34.3 Å². The number of hydrogen-bond donors (Lipinski definition) is 1. The molecule has 4 heteroatoms. The monoisotopic (exact) mass is 250 g/mol. The van der Waals surface area contributed by atoms with Gasteiger partial charge in [-0.2, -0.15) is 5.26 Å². The molecule has 3 nitrogen and oxygen atoms in total. The molecule has 0 spiro atoms. The fraction of sp³-hybridized carbons (Fsp3) is 0.462. The van der Waals surface area contributed by atoms with Crippen molar-refractivity contribution in [2.24, 2.45) is 5.92 Å². The molecule has 0 aliphatic carbocycles. The molecule has 1 aromatic carbocycles. The van der Waals surface area contributed by atoms with Crippen molar-refractivity contribution < 1.29 is 4.74 Å². The average molecular weight is 251 g/mol. The fourth-order valence-electron chi connectivity index (χ4n) is 1.93. The Kier molecular flexibility index (Phi) is 4.38. The van der Waals surface area contributed by atoms with Gasteiger partial charge in [0.1, 0.15) is 0 Å². The predicted molar refractivity (Wildman–Crippen MR) is 66.8 cm³/mol. The largest absolute Gasteiger partial charge is 0.376 e. The second-order valence-electron chi connectivity index (χ2n) is 4.29. The highest BCUT2D eigenvalue weighted by atomic mass is 35.5. The summed E-state index contributed by atoms with van der Waals surface area (Å²) in [4.78, 5) is 0. The third kappa shape index (κ3) is 3.44. The van der Waals surface area contributed by atoms with Crippen LogP contribution >= 0.6 is 11.6 Å². The van der Waals surface area contributed by atoms with Crippen LogP contribution in [0.5, 0.6) is 0 Å². The van der Waals surface area contributed by atoms with E-state index in [9.17, 15) is 0 Å². The van der Waals surface area contributed by atoms with Gasteiger partial charge in [0.2, 0.25) is 0 Å². The summed E-state index contributed by atoms with van der Waals surface area (Å²) in [5, 5.41) is 12.6. The number of benzene rings is 1. The summed E-state index contributed by atoms with van der Waals surface area (Å²) in [5.41, 5.74) is 1.52. The average Bonchev–Trinajstić information content (AvgIpc) is 2.84. The molecule has 0 bridgehead atoms. The van der Waals surface area contributed by atoms with Gasteiger partial charge in [-0.25, -0.2) is 0 Å². The predicted octanol–water partition coefficient (Wildman–Crippen LogP) is 2.34. The van der Waals surface area contributed by atoms with Crippen LogP contribution in [0.25, 0.3) is 0 Å². The molecular formula is C13H15ClN2O. The molecule has 0 saturated carbocycles. The SMILES string of the molecule is N#Cc1ccc(COCC2CCNC2)c(Cl)c1. The Hall–Kier alpha value is -1.08. The number of rotatable bonds is 4. The maximum atomic E-state index is 8.73. The Morgan fingerprint density at radius 2 is 2.41 bits per heavy atom. The molecule has 0 amide bonds. The van der Waals surface area contributed by atoms with Crippen molar-refractivity contribution in [1.82, 2.24) is 5.32 Å². The first-order valence-electron chi connectivity index (χ1n) is 5.76. The van der Waals surface area contributed by atoms with Gasteiger partial charge >= 0.3 is 0 Å². The number of hydrogen-bond acceptors (Lipinski definition) is 3. The Morgan fingerprint density at radius 3 is 3.06 bits per heavy atom. The minimum Gasteiger partial charge on any atom is -0.376 e. The van der Waals surface area contributed by atoms with E-state index in [4.69, 9.17) is 21.6 Å². The third-order valence-electron chi connectivity index (χ3n) is 2.96. The van der Waals surface area contributed by atoms with Gasteiger partial charge in [0.05, 0.1) is 24.8 Å². The van der Waals surface area contributed by atoms with Crippen LogP contribution in [0, 0.1) is 17.2 Å². The van der Waals surface area contributed by atoms with Gasteiger partial charge in [-0.3, -0.25) is 0 Å². The lowest BCUT2D eigenvalue weighted by Crippen LogP contribution is -2.13. The lowest BCUT2D eigenvalue weighted by atomic mass is 10.1. The zero-order chi connectivity index (χ0) is 12.1. The number of halogens is 1. The van der Waals surface area contributed by atoms with Gasteiger partial charge in [-0.05, 0) is 36.6 Å². The number of ether oxygens (including phenoxy) is 1. The third-order valence-corrected chi connectivity index (χ3v) is 3.31. The van der Waals surface area contributed by atoms with Crippen molar-refractivity contribution >= 4 is 11.6 Å². The Morgan fingerprint density at radius 1 is 1.53 bits per heavy atom. The second-order valence-corrected chi connectivity index (χ2v) is 4.70. The quantitative estimate of drug-likeness (QED) is 0.892. The van der Waals surface area contributed by atoms with Crippen LogP contribution in [0.2, 0.25) is 5.02 Å². The van der Waals surface area contributed by atoms with E-state index in [0.29, 0.717) is 23.1 Å². The van der Waals surface area contributed by atoms with Crippen molar-refractivity contribution in [3.63, 3.8) is 0 Å². The topological polar surface area (TPSA) is 45.0 Å². The van der Waals surface area contributed by atoms with Crippen LogP contribution in [-0.4, -0.2) is 19.7 Å². The molecule has 0 aromatic heterocycles. The molecule has 1 unspecified atom stereocenters. The number of nitrogens with zero attached hydrogens (tertiary/aromatic N) is 1. The summed E-state index contributed by atoms with van der Waals surface area (Å²) in [5.74, 6) is 0.618. The zero-order valence-corrected chi connectivity index (χ0v) is 10.3. The van der Waals surface area contributed by atoms with Crippen LogP contribution in [0.4, 0.5) is 0 Å². The van der Waals surface area contributed by atoms with Crippen LogP contribution in [0.15, 0.2) is 18.2 Å². The number of nitriles is 1. The van der Waals surface area contributed by atoms with Crippen molar-refractivity contribution in [2.45, 2.75) is 13.0 Å². The zero-order valence-electron chi connectivity index (χ0n) is 9.58. The van der Waals surface area contributed by atoms with Gasteiger partial charge in [-0.15, -0.1) is 0 Å². The normalized spacial score (nSPS) is 19.2. The van der Waals surface area contributed by atoms with Crippen molar-refractivity contribution in [1.29, 1.82) is 5.26 Å². The summed E-state index contributed by atoms with van der Waals surface area (Å²) < 4.78 is 5.65.